The Kier molecular flexibility index (Phi) is 3.91. The van der Waals surface area contributed by atoms with Crippen LogP contribution in [0.5, 0.6) is 0 Å². The Morgan fingerprint density at radius 2 is 2.13 bits per heavy atom. The lowest BCUT2D eigenvalue weighted by atomic mass is 9.97. The van der Waals surface area contributed by atoms with Gasteiger partial charge in [-0.15, -0.1) is 0 Å². The largest absolute Gasteiger partial charge is 0.312 e. The fourth-order valence-corrected chi connectivity index (χ4v) is 1.39. The molecular formula is C12H23N3. The van der Waals surface area contributed by atoms with Crippen LogP contribution in [0.1, 0.15) is 33.3 Å². The van der Waals surface area contributed by atoms with Crippen LogP contribution in [0.25, 0.3) is 0 Å². The molecule has 1 N–H and O–H groups in total. The van der Waals surface area contributed by atoms with E-state index in [1.165, 1.54) is 5.56 Å². The van der Waals surface area contributed by atoms with Gasteiger partial charge >= 0.3 is 0 Å². The summed E-state index contributed by atoms with van der Waals surface area (Å²) in [5.41, 5.74) is 1.56. The molecule has 3 nitrogen and oxygen atoms in total. The molecule has 15 heavy (non-hydrogen) atoms. The predicted molar refractivity (Wildman–Crippen MR) is 63.9 cm³/mol. The van der Waals surface area contributed by atoms with Gasteiger partial charge in [-0.25, -0.2) is 0 Å². The van der Waals surface area contributed by atoms with E-state index in [0.717, 1.165) is 13.1 Å². The van der Waals surface area contributed by atoms with E-state index in [1.807, 2.05) is 10.9 Å². The van der Waals surface area contributed by atoms with Crippen molar-refractivity contribution in [3.8, 4) is 0 Å². The second-order valence-corrected chi connectivity index (χ2v) is 5.58. The van der Waals surface area contributed by atoms with Gasteiger partial charge in [-0.2, -0.15) is 5.10 Å². The van der Waals surface area contributed by atoms with Gasteiger partial charge in [0.15, 0.2) is 0 Å². The molecule has 0 saturated carbocycles. The minimum absolute atomic E-state index is 0.342. The van der Waals surface area contributed by atoms with Crippen LogP contribution in [0.15, 0.2) is 12.4 Å². The SMILES string of the molecule is Cc1cnn(C[C@@H](C)NCC(C)(C)C)c1. The second kappa shape index (κ2) is 4.79. The summed E-state index contributed by atoms with van der Waals surface area (Å²) in [6.07, 6.45) is 3.98. The number of hydrogen-bond donors (Lipinski definition) is 1. The highest BCUT2D eigenvalue weighted by molar-refractivity contribution is 4.99. The molecule has 0 amide bonds. The Hall–Kier alpha value is -0.830. The normalized spacial score (nSPS) is 14.2. The van der Waals surface area contributed by atoms with Crippen LogP contribution in [-0.2, 0) is 6.54 Å². The molecule has 1 aromatic rings. The molecule has 0 unspecified atom stereocenters. The van der Waals surface area contributed by atoms with Crippen molar-refractivity contribution in [1.29, 1.82) is 0 Å². The number of hydrogen-bond acceptors (Lipinski definition) is 2. The summed E-state index contributed by atoms with van der Waals surface area (Å²) >= 11 is 0. The quantitative estimate of drug-likeness (QED) is 0.824. The summed E-state index contributed by atoms with van der Waals surface area (Å²) in [6.45, 7) is 13.0. The van der Waals surface area contributed by atoms with Crippen molar-refractivity contribution in [2.75, 3.05) is 6.54 Å². The van der Waals surface area contributed by atoms with Gasteiger partial charge in [0.1, 0.15) is 0 Å². The fourth-order valence-electron chi connectivity index (χ4n) is 1.39. The molecule has 1 rings (SSSR count). The van der Waals surface area contributed by atoms with E-state index in [0.29, 0.717) is 11.5 Å². The Morgan fingerprint density at radius 1 is 1.47 bits per heavy atom. The first-order valence-electron chi connectivity index (χ1n) is 5.59. The molecular weight excluding hydrogens is 186 g/mol. The van der Waals surface area contributed by atoms with Crippen molar-refractivity contribution in [1.82, 2.24) is 15.1 Å². The van der Waals surface area contributed by atoms with Gasteiger partial charge in [0, 0.05) is 18.8 Å². The van der Waals surface area contributed by atoms with Gasteiger partial charge < -0.3 is 5.32 Å². The Bertz CT molecular complexity index is 296. The van der Waals surface area contributed by atoms with Gasteiger partial charge in [0.25, 0.3) is 0 Å². The lowest BCUT2D eigenvalue weighted by molar-refractivity contribution is 0.339. The van der Waals surface area contributed by atoms with Crippen LogP contribution >= 0.6 is 0 Å². The summed E-state index contributed by atoms with van der Waals surface area (Å²) in [6, 6.07) is 0.462. The van der Waals surface area contributed by atoms with Crippen LogP contribution in [-0.4, -0.2) is 22.4 Å². The monoisotopic (exact) mass is 209 g/mol. The molecule has 0 aliphatic carbocycles. The highest BCUT2D eigenvalue weighted by Crippen LogP contribution is 2.10. The van der Waals surface area contributed by atoms with Gasteiger partial charge in [-0.3, -0.25) is 4.68 Å². The average molecular weight is 209 g/mol. The molecule has 0 fully saturated rings. The smallest absolute Gasteiger partial charge is 0.0560 e. The number of nitrogens with one attached hydrogen (secondary N) is 1. The Labute approximate surface area is 92.9 Å². The molecule has 0 aromatic carbocycles. The number of rotatable bonds is 4. The van der Waals surface area contributed by atoms with Crippen molar-refractivity contribution in [2.24, 2.45) is 5.41 Å². The summed E-state index contributed by atoms with van der Waals surface area (Å²) < 4.78 is 2.00. The Morgan fingerprint density at radius 3 is 2.60 bits per heavy atom. The maximum atomic E-state index is 4.28. The molecule has 0 radical (unpaired) electrons. The van der Waals surface area contributed by atoms with Crippen molar-refractivity contribution in [3.63, 3.8) is 0 Å². The van der Waals surface area contributed by atoms with Gasteiger partial charge in [0.05, 0.1) is 12.7 Å². The molecule has 1 aromatic heterocycles. The van der Waals surface area contributed by atoms with E-state index in [-0.39, 0.29) is 0 Å². The van der Waals surface area contributed by atoms with E-state index < -0.39 is 0 Å². The summed E-state index contributed by atoms with van der Waals surface area (Å²) in [7, 11) is 0. The molecule has 0 bridgehead atoms. The van der Waals surface area contributed by atoms with E-state index >= 15 is 0 Å². The molecule has 0 spiro atoms. The minimum Gasteiger partial charge on any atom is -0.312 e. The van der Waals surface area contributed by atoms with Crippen molar-refractivity contribution >= 4 is 0 Å². The highest BCUT2D eigenvalue weighted by Gasteiger charge is 2.11. The first kappa shape index (κ1) is 12.2. The van der Waals surface area contributed by atoms with Crippen LogP contribution in [0.2, 0.25) is 0 Å². The van der Waals surface area contributed by atoms with Crippen LogP contribution in [0, 0.1) is 12.3 Å². The van der Waals surface area contributed by atoms with Crippen LogP contribution in [0.4, 0.5) is 0 Å². The van der Waals surface area contributed by atoms with E-state index in [4.69, 9.17) is 0 Å². The second-order valence-electron chi connectivity index (χ2n) is 5.58. The van der Waals surface area contributed by atoms with Gasteiger partial charge in [-0.1, -0.05) is 20.8 Å². The summed E-state index contributed by atoms with van der Waals surface area (Å²) in [4.78, 5) is 0. The fraction of sp³-hybridized carbons (Fsp3) is 0.750. The maximum absolute atomic E-state index is 4.28. The van der Waals surface area contributed by atoms with Gasteiger partial charge in [-0.05, 0) is 24.8 Å². The maximum Gasteiger partial charge on any atom is 0.0560 e. The number of aromatic nitrogens is 2. The molecule has 0 aliphatic heterocycles. The van der Waals surface area contributed by atoms with Crippen molar-refractivity contribution in [3.05, 3.63) is 18.0 Å². The molecule has 1 heterocycles. The molecule has 86 valence electrons. The average Bonchev–Trinajstić information content (AvgIpc) is 2.47. The number of nitrogens with zero attached hydrogens (tertiary/aromatic N) is 2. The zero-order valence-corrected chi connectivity index (χ0v) is 10.5. The van der Waals surface area contributed by atoms with Crippen LogP contribution in [0.3, 0.4) is 0 Å². The molecule has 0 aliphatic rings. The summed E-state index contributed by atoms with van der Waals surface area (Å²) in [5, 5.41) is 7.80. The molecule has 1 atom stereocenters. The van der Waals surface area contributed by atoms with Crippen LogP contribution < -0.4 is 5.32 Å². The lowest BCUT2D eigenvalue weighted by Gasteiger charge is -2.22. The zero-order valence-electron chi connectivity index (χ0n) is 10.5. The standard InChI is InChI=1S/C12H23N3/c1-10-6-14-15(7-10)8-11(2)13-9-12(3,4)5/h6-7,11,13H,8-9H2,1-5H3/t11-/m1/s1. The van der Waals surface area contributed by atoms with E-state index in [1.54, 1.807) is 0 Å². The summed E-state index contributed by atoms with van der Waals surface area (Å²) in [5.74, 6) is 0. The molecule has 0 saturated heterocycles. The first-order chi connectivity index (χ1) is 6.87. The van der Waals surface area contributed by atoms with Gasteiger partial charge in [0.2, 0.25) is 0 Å². The lowest BCUT2D eigenvalue weighted by Crippen LogP contribution is -2.36. The third-order valence-corrected chi connectivity index (χ3v) is 2.20. The predicted octanol–water partition coefficient (Wildman–Crippen LogP) is 2.22. The number of aryl methyl sites for hydroxylation is 1. The first-order valence-corrected chi connectivity index (χ1v) is 5.59. The topological polar surface area (TPSA) is 29.9 Å². The van der Waals surface area contributed by atoms with Crippen molar-refractivity contribution in [2.45, 2.75) is 47.2 Å². The van der Waals surface area contributed by atoms with Crippen molar-refractivity contribution < 1.29 is 0 Å². The zero-order chi connectivity index (χ0) is 11.5. The van der Waals surface area contributed by atoms with E-state index in [2.05, 4.69) is 51.2 Å². The Balaban J connectivity index is 2.33. The third kappa shape index (κ3) is 4.98. The minimum atomic E-state index is 0.342. The third-order valence-electron chi connectivity index (χ3n) is 2.20. The molecule has 3 heteroatoms. The van der Waals surface area contributed by atoms with E-state index in [9.17, 15) is 0 Å². The highest BCUT2D eigenvalue weighted by atomic mass is 15.3.